The number of furan rings is 1. The molecule has 2 aliphatic heterocycles. The van der Waals surface area contributed by atoms with Gasteiger partial charge in [-0.3, -0.25) is 9.59 Å². The number of likely N-dealkylation sites (tertiary alicyclic amines) is 1. The lowest BCUT2D eigenvalue weighted by Crippen LogP contribution is -2.42. The van der Waals surface area contributed by atoms with Crippen LogP contribution in [0.4, 0.5) is 5.82 Å². The second-order valence-electron chi connectivity index (χ2n) is 8.43. The number of carbonyl (C=O) groups is 2. The molecule has 0 aromatic carbocycles. The molecule has 4 rings (SSSR count). The summed E-state index contributed by atoms with van der Waals surface area (Å²) in [6.07, 6.45) is 1.50. The van der Waals surface area contributed by atoms with E-state index in [1.165, 1.54) is 11.8 Å². The minimum absolute atomic E-state index is 0.205. The van der Waals surface area contributed by atoms with Gasteiger partial charge in [0.25, 0.3) is 5.91 Å². The summed E-state index contributed by atoms with van der Waals surface area (Å²) >= 11 is 1.45. The second-order valence-corrected chi connectivity index (χ2v) is 9.37. The average Bonchev–Trinajstić information content (AvgIpc) is 3.37. The summed E-state index contributed by atoms with van der Waals surface area (Å²) in [5.41, 5.74) is 0.808. The first-order valence-corrected chi connectivity index (χ1v) is 12.9. The molecule has 190 valence electrons. The maximum Gasteiger partial charge on any atom is 0.310 e. The van der Waals surface area contributed by atoms with E-state index < -0.39 is 0 Å². The molecule has 2 fully saturated rings. The molecule has 10 nitrogen and oxygen atoms in total. The first kappa shape index (κ1) is 25.5. The smallest absolute Gasteiger partial charge is 0.310 e. The number of hydrogen-bond acceptors (Lipinski definition) is 10. The predicted molar refractivity (Wildman–Crippen MR) is 129 cm³/mol. The number of anilines is 1. The van der Waals surface area contributed by atoms with Crippen molar-refractivity contribution in [3.63, 3.8) is 0 Å². The Morgan fingerprint density at radius 3 is 2.80 bits per heavy atom. The third-order valence-corrected chi connectivity index (χ3v) is 6.79. The van der Waals surface area contributed by atoms with Crippen molar-refractivity contribution in [3.05, 3.63) is 35.4 Å². The van der Waals surface area contributed by atoms with Gasteiger partial charge < -0.3 is 28.4 Å². The third kappa shape index (κ3) is 6.74. The van der Waals surface area contributed by atoms with E-state index in [0.717, 1.165) is 37.4 Å². The summed E-state index contributed by atoms with van der Waals surface area (Å²) in [5, 5.41) is 0.624. The molecule has 0 unspecified atom stereocenters. The van der Waals surface area contributed by atoms with Gasteiger partial charge in [0, 0.05) is 39.4 Å². The summed E-state index contributed by atoms with van der Waals surface area (Å²) in [4.78, 5) is 38.2. The maximum absolute atomic E-state index is 13.0. The number of piperidine rings is 1. The Morgan fingerprint density at radius 1 is 1.20 bits per heavy atom. The Labute approximate surface area is 209 Å². The number of rotatable bonds is 9. The summed E-state index contributed by atoms with van der Waals surface area (Å²) in [6.45, 7) is 6.39. The SMILES string of the molecule is CCOC(=O)[C@H]1CCCN(C(=O)c2ccc(CSc3nc(COC)cc(N4CCOCC4)n3)o2)C1. The van der Waals surface area contributed by atoms with Crippen LogP contribution in [0.1, 0.15) is 41.8 Å². The predicted octanol–water partition coefficient (Wildman–Crippen LogP) is 2.76. The molecule has 0 spiro atoms. The van der Waals surface area contributed by atoms with Crippen molar-refractivity contribution < 1.29 is 28.2 Å². The Morgan fingerprint density at radius 2 is 2.03 bits per heavy atom. The van der Waals surface area contributed by atoms with E-state index in [0.29, 0.717) is 56.2 Å². The molecule has 1 atom stereocenters. The zero-order valence-electron chi connectivity index (χ0n) is 20.2. The molecular formula is C24H32N4O6S. The van der Waals surface area contributed by atoms with Crippen LogP contribution in [-0.2, 0) is 31.4 Å². The van der Waals surface area contributed by atoms with Crippen LogP contribution in [0.25, 0.3) is 0 Å². The zero-order chi connectivity index (χ0) is 24.6. The van der Waals surface area contributed by atoms with E-state index in [9.17, 15) is 9.59 Å². The molecule has 0 bridgehead atoms. The van der Waals surface area contributed by atoms with Gasteiger partial charge in [0.1, 0.15) is 11.6 Å². The number of methoxy groups -OCH3 is 1. The van der Waals surface area contributed by atoms with Crippen LogP contribution >= 0.6 is 11.8 Å². The molecule has 0 aliphatic carbocycles. The van der Waals surface area contributed by atoms with Crippen molar-refractivity contribution in [1.82, 2.24) is 14.9 Å². The third-order valence-electron chi connectivity index (χ3n) is 5.92. The van der Waals surface area contributed by atoms with Gasteiger partial charge in [-0.25, -0.2) is 9.97 Å². The fourth-order valence-corrected chi connectivity index (χ4v) is 4.94. The van der Waals surface area contributed by atoms with Crippen molar-refractivity contribution in [1.29, 1.82) is 0 Å². The van der Waals surface area contributed by atoms with Crippen LogP contribution in [0.3, 0.4) is 0 Å². The molecule has 2 aliphatic rings. The van der Waals surface area contributed by atoms with Crippen LogP contribution in [0.2, 0.25) is 0 Å². The number of morpholine rings is 1. The number of nitrogens with zero attached hydrogens (tertiary/aromatic N) is 4. The Kier molecular flexibility index (Phi) is 9.00. The van der Waals surface area contributed by atoms with E-state index in [1.54, 1.807) is 31.1 Å². The first-order chi connectivity index (χ1) is 17.1. The zero-order valence-corrected chi connectivity index (χ0v) is 21.1. The minimum Gasteiger partial charge on any atom is -0.466 e. The Hall–Kier alpha value is -2.63. The highest BCUT2D eigenvalue weighted by molar-refractivity contribution is 7.98. The normalized spacial score (nSPS) is 18.5. The lowest BCUT2D eigenvalue weighted by Gasteiger charge is -2.30. The number of hydrogen-bond donors (Lipinski definition) is 0. The monoisotopic (exact) mass is 504 g/mol. The van der Waals surface area contributed by atoms with Crippen molar-refractivity contribution >= 4 is 29.5 Å². The van der Waals surface area contributed by atoms with Gasteiger partial charge in [-0.15, -0.1) is 0 Å². The summed E-state index contributed by atoms with van der Waals surface area (Å²) < 4.78 is 21.7. The van der Waals surface area contributed by atoms with Gasteiger partial charge in [-0.2, -0.15) is 0 Å². The lowest BCUT2D eigenvalue weighted by molar-refractivity contribution is -0.149. The molecule has 2 saturated heterocycles. The van der Waals surface area contributed by atoms with Crippen molar-refractivity contribution in [2.45, 2.75) is 37.3 Å². The van der Waals surface area contributed by atoms with E-state index in [2.05, 4.69) is 9.88 Å². The number of amides is 1. The Bertz CT molecular complexity index is 1010. The van der Waals surface area contributed by atoms with Gasteiger partial charge in [-0.05, 0) is 31.9 Å². The van der Waals surface area contributed by atoms with Crippen LogP contribution < -0.4 is 4.90 Å². The van der Waals surface area contributed by atoms with Gasteiger partial charge in [-0.1, -0.05) is 11.8 Å². The molecule has 2 aromatic rings. The second kappa shape index (κ2) is 12.4. The molecule has 4 heterocycles. The van der Waals surface area contributed by atoms with Crippen LogP contribution in [0, 0.1) is 5.92 Å². The number of aromatic nitrogens is 2. The van der Waals surface area contributed by atoms with Crippen molar-refractivity contribution in [3.8, 4) is 0 Å². The minimum atomic E-state index is -0.283. The first-order valence-electron chi connectivity index (χ1n) is 11.9. The molecule has 0 radical (unpaired) electrons. The molecule has 2 aromatic heterocycles. The number of thioether (sulfide) groups is 1. The van der Waals surface area contributed by atoms with Crippen LogP contribution in [0.15, 0.2) is 27.8 Å². The Balaban J connectivity index is 1.38. The fourth-order valence-electron chi connectivity index (χ4n) is 4.18. The summed E-state index contributed by atoms with van der Waals surface area (Å²) in [7, 11) is 1.64. The summed E-state index contributed by atoms with van der Waals surface area (Å²) in [6, 6.07) is 5.44. The van der Waals surface area contributed by atoms with Crippen LogP contribution in [0.5, 0.6) is 0 Å². The molecule has 0 saturated carbocycles. The summed E-state index contributed by atoms with van der Waals surface area (Å²) in [5.74, 6) is 1.54. The van der Waals surface area contributed by atoms with Gasteiger partial charge in [0.15, 0.2) is 10.9 Å². The molecule has 1 amide bonds. The lowest BCUT2D eigenvalue weighted by atomic mass is 9.98. The number of ether oxygens (including phenoxy) is 3. The highest BCUT2D eigenvalue weighted by Gasteiger charge is 2.31. The standard InChI is InChI=1S/C24H32N4O6S/c1-3-33-23(30)17-5-4-8-28(14-17)22(29)20-7-6-19(34-20)16-35-24-25-18(15-31-2)13-21(26-24)27-9-11-32-12-10-27/h6-7,13,17H,3-5,8-12,14-16H2,1-2H3/t17-/m0/s1. The molecule has 0 N–H and O–H groups in total. The van der Waals surface area contributed by atoms with Crippen molar-refractivity contribution in [2.24, 2.45) is 5.92 Å². The molecule has 11 heteroatoms. The van der Waals surface area contributed by atoms with Crippen LogP contribution in [-0.4, -0.2) is 79.9 Å². The molecule has 35 heavy (non-hydrogen) atoms. The largest absolute Gasteiger partial charge is 0.466 e. The van der Waals surface area contributed by atoms with Crippen molar-refractivity contribution in [2.75, 3.05) is 58.0 Å². The van der Waals surface area contributed by atoms with Gasteiger partial charge >= 0.3 is 5.97 Å². The topological polar surface area (TPSA) is 107 Å². The van der Waals surface area contributed by atoms with E-state index >= 15 is 0 Å². The van der Waals surface area contributed by atoms with Gasteiger partial charge in [0.2, 0.25) is 0 Å². The number of carbonyl (C=O) groups excluding carboxylic acids is 2. The number of esters is 1. The quantitative estimate of drug-likeness (QED) is 0.287. The van der Waals surface area contributed by atoms with E-state index in [4.69, 9.17) is 23.6 Å². The highest BCUT2D eigenvalue weighted by atomic mass is 32.2. The highest BCUT2D eigenvalue weighted by Crippen LogP contribution is 2.26. The fraction of sp³-hybridized carbons (Fsp3) is 0.583. The average molecular weight is 505 g/mol. The molecular weight excluding hydrogens is 472 g/mol. The van der Waals surface area contributed by atoms with E-state index in [1.807, 2.05) is 6.07 Å². The van der Waals surface area contributed by atoms with E-state index in [-0.39, 0.29) is 23.6 Å². The van der Waals surface area contributed by atoms with Gasteiger partial charge in [0.05, 0.1) is 43.8 Å². The maximum atomic E-state index is 13.0.